The number of benzene rings is 1. The summed E-state index contributed by atoms with van der Waals surface area (Å²) in [6, 6.07) is 10.9. The number of carbonyl (C=O) groups is 1. The molecule has 0 N–H and O–H groups in total. The van der Waals surface area contributed by atoms with Crippen molar-refractivity contribution in [1.29, 1.82) is 0 Å². The van der Waals surface area contributed by atoms with Gasteiger partial charge in [0.05, 0.1) is 12.0 Å². The molecule has 3 heterocycles. The highest BCUT2D eigenvalue weighted by atomic mass is 16.6. The van der Waals surface area contributed by atoms with Crippen molar-refractivity contribution in [2.24, 2.45) is 29.1 Å². The SMILES string of the molecule is C[C@H]1CCC[C@]2(C)C[C@H]3OC(=O)[C@H](CN4CCC(Cc5ccccc5)CC4)[C@H]3[C@H]3O[C@@]312. The topological polar surface area (TPSA) is 42.1 Å². The molecule has 3 saturated heterocycles. The van der Waals surface area contributed by atoms with Crippen molar-refractivity contribution < 1.29 is 14.3 Å². The lowest BCUT2D eigenvalue weighted by Crippen LogP contribution is -2.54. The summed E-state index contributed by atoms with van der Waals surface area (Å²) in [4.78, 5) is 15.5. The summed E-state index contributed by atoms with van der Waals surface area (Å²) < 4.78 is 12.6. The maximum absolute atomic E-state index is 13.0. The van der Waals surface area contributed by atoms with Crippen LogP contribution in [-0.2, 0) is 20.7 Å². The van der Waals surface area contributed by atoms with E-state index in [1.165, 1.54) is 44.1 Å². The van der Waals surface area contributed by atoms with E-state index in [1.807, 2.05) is 0 Å². The maximum Gasteiger partial charge on any atom is 0.311 e. The zero-order chi connectivity index (χ0) is 21.2. The number of rotatable bonds is 4. The molecule has 6 rings (SSSR count). The van der Waals surface area contributed by atoms with Crippen LogP contribution in [0, 0.1) is 29.1 Å². The molecule has 5 aliphatic rings. The third kappa shape index (κ3) is 3.12. The van der Waals surface area contributed by atoms with Crippen molar-refractivity contribution in [3.05, 3.63) is 35.9 Å². The molecule has 2 saturated carbocycles. The van der Waals surface area contributed by atoms with Gasteiger partial charge in [-0.05, 0) is 69.0 Å². The Bertz CT molecular complexity index is 834. The summed E-state index contributed by atoms with van der Waals surface area (Å²) in [5, 5.41) is 0. The standard InChI is InChI=1S/C27H37NO3/c1-18-7-6-12-26(2)16-22-23(24-27(18,26)31-24)21(25(29)30-22)17-28-13-10-20(11-14-28)15-19-8-4-3-5-9-19/h3-5,8-9,18,20-24H,6-7,10-17H2,1-2H3/t18-,21+,22+,23+,24+,26+,27+/m0/s1. The first kappa shape index (κ1) is 20.2. The van der Waals surface area contributed by atoms with Gasteiger partial charge in [0.25, 0.3) is 0 Å². The first-order chi connectivity index (χ1) is 15.0. The molecule has 0 bridgehead atoms. The minimum Gasteiger partial charge on any atom is -0.462 e. The molecule has 5 fully saturated rings. The smallest absolute Gasteiger partial charge is 0.311 e. The summed E-state index contributed by atoms with van der Waals surface area (Å²) >= 11 is 0. The lowest BCUT2D eigenvalue weighted by atomic mass is 9.53. The number of fused-ring (bicyclic) bond motifs is 2. The molecule has 7 atom stereocenters. The lowest BCUT2D eigenvalue weighted by Gasteiger charge is -2.49. The highest BCUT2D eigenvalue weighted by molar-refractivity contribution is 5.76. The monoisotopic (exact) mass is 423 g/mol. The van der Waals surface area contributed by atoms with Crippen LogP contribution in [0.25, 0.3) is 0 Å². The van der Waals surface area contributed by atoms with Gasteiger partial charge in [-0.25, -0.2) is 0 Å². The number of nitrogens with zero attached hydrogens (tertiary/aromatic N) is 1. The molecule has 0 radical (unpaired) electrons. The lowest BCUT2D eigenvalue weighted by molar-refractivity contribution is -0.146. The van der Waals surface area contributed by atoms with Gasteiger partial charge in [0.15, 0.2) is 0 Å². The number of esters is 1. The number of piperidine rings is 1. The summed E-state index contributed by atoms with van der Waals surface area (Å²) in [5.74, 6) is 1.67. The van der Waals surface area contributed by atoms with Crippen molar-refractivity contribution in [3.63, 3.8) is 0 Å². The van der Waals surface area contributed by atoms with Gasteiger partial charge in [-0.1, -0.05) is 50.6 Å². The summed E-state index contributed by atoms with van der Waals surface area (Å²) in [6.07, 6.45) is 8.70. The number of carbonyl (C=O) groups excluding carboxylic acids is 1. The molecule has 4 nitrogen and oxygen atoms in total. The molecule has 4 heteroatoms. The second-order valence-electron chi connectivity index (χ2n) is 11.5. The second-order valence-corrected chi connectivity index (χ2v) is 11.5. The van der Waals surface area contributed by atoms with E-state index in [0.717, 1.165) is 32.0 Å². The van der Waals surface area contributed by atoms with Crippen LogP contribution >= 0.6 is 0 Å². The molecule has 168 valence electrons. The number of hydrogen-bond acceptors (Lipinski definition) is 4. The summed E-state index contributed by atoms with van der Waals surface area (Å²) in [6.45, 7) is 7.84. The Morgan fingerprint density at radius 3 is 2.68 bits per heavy atom. The van der Waals surface area contributed by atoms with Crippen molar-refractivity contribution in [2.45, 2.75) is 76.6 Å². The molecule has 31 heavy (non-hydrogen) atoms. The fourth-order valence-electron chi connectivity index (χ4n) is 8.04. The molecule has 1 aromatic rings. The average Bonchev–Trinajstić information content (AvgIpc) is 3.45. The van der Waals surface area contributed by atoms with Gasteiger partial charge in [0.2, 0.25) is 0 Å². The minimum absolute atomic E-state index is 0.00118. The van der Waals surface area contributed by atoms with Gasteiger partial charge in [-0.15, -0.1) is 0 Å². The van der Waals surface area contributed by atoms with Gasteiger partial charge in [0, 0.05) is 17.9 Å². The third-order valence-corrected chi connectivity index (χ3v) is 9.72. The van der Waals surface area contributed by atoms with Crippen molar-refractivity contribution in [2.75, 3.05) is 19.6 Å². The second kappa shape index (κ2) is 7.31. The largest absolute Gasteiger partial charge is 0.462 e. The van der Waals surface area contributed by atoms with Gasteiger partial charge < -0.3 is 14.4 Å². The van der Waals surface area contributed by atoms with E-state index in [4.69, 9.17) is 9.47 Å². The Kier molecular flexibility index (Phi) is 4.77. The molecule has 3 aliphatic heterocycles. The predicted molar refractivity (Wildman–Crippen MR) is 120 cm³/mol. The summed E-state index contributed by atoms with van der Waals surface area (Å²) in [7, 11) is 0. The molecular formula is C27H37NO3. The van der Waals surface area contributed by atoms with E-state index >= 15 is 0 Å². The Balaban J connectivity index is 1.11. The van der Waals surface area contributed by atoms with E-state index in [-0.39, 0.29) is 41.0 Å². The number of epoxide rings is 1. The van der Waals surface area contributed by atoms with Crippen LogP contribution in [0.5, 0.6) is 0 Å². The average molecular weight is 424 g/mol. The van der Waals surface area contributed by atoms with Crippen molar-refractivity contribution in [3.8, 4) is 0 Å². The maximum atomic E-state index is 13.0. The molecular weight excluding hydrogens is 386 g/mol. The Morgan fingerprint density at radius 2 is 1.90 bits per heavy atom. The van der Waals surface area contributed by atoms with E-state index in [9.17, 15) is 4.79 Å². The fraction of sp³-hybridized carbons (Fsp3) is 0.741. The highest BCUT2D eigenvalue weighted by Gasteiger charge is 2.78. The van der Waals surface area contributed by atoms with Crippen LogP contribution < -0.4 is 0 Å². The van der Waals surface area contributed by atoms with E-state index in [2.05, 4.69) is 49.1 Å². The van der Waals surface area contributed by atoms with Crippen LogP contribution in [0.1, 0.15) is 57.9 Å². The summed E-state index contributed by atoms with van der Waals surface area (Å²) in [5.41, 5.74) is 1.65. The van der Waals surface area contributed by atoms with Gasteiger partial charge >= 0.3 is 5.97 Å². The molecule has 0 aromatic heterocycles. The number of ether oxygens (including phenoxy) is 2. The Labute approximate surface area is 186 Å². The van der Waals surface area contributed by atoms with E-state index < -0.39 is 0 Å². The Hall–Kier alpha value is -1.39. The molecule has 1 spiro atoms. The van der Waals surface area contributed by atoms with Crippen LogP contribution in [0.2, 0.25) is 0 Å². The van der Waals surface area contributed by atoms with E-state index in [1.54, 1.807) is 0 Å². The fourth-order valence-corrected chi connectivity index (χ4v) is 8.04. The molecule has 1 aromatic carbocycles. The van der Waals surface area contributed by atoms with Gasteiger partial charge in [-0.2, -0.15) is 0 Å². The van der Waals surface area contributed by atoms with Gasteiger partial charge in [-0.3, -0.25) is 4.79 Å². The van der Waals surface area contributed by atoms with Crippen molar-refractivity contribution >= 4 is 5.97 Å². The van der Waals surface area contributed by atoms with E-state index in [0.29, 0.717) is 5.92 Å². The van der Waals surface area contributed by atoms with Crippen molar-refractivity contribution in [1.82, 2.24) is 4.90 Å². The molecule has 2 aliphatic carbocycles. The van der Waals surface area contributed by atoms with Crippen LogP contribution in [0.15, 0.2) is 30.3 Å². The third-order valence-electron chi connectivity index (χ3n) is 9.72. The molecule has 0 amide bonds. The normalized spacial score (nSPS) is 44.8. The highest BCUT2D eigenvalue weighted by Crippen LogP contribution is 2.70. The van der Waals surface area contributed by atoms with Crippen LogP contribution in [0.3, 0.4) is 0 Å². The quantitative estimate of drug-likeness (QED) is 0.529. The zero-order valence-corrected chi connectivity index (χ0v) is 19.1. The molecule has 0 unspecified atom stereocenters. The zero-order valence-electron chi connectivity index (χ0n) is 19.1. The number of hydrogen-bond donors (Lipinski definition) is 0. The Morgan fingerprint density at radius 1 is 1.13 bits per heavy atom. The number of likely N-dealkylation sites (tertiary alicyclic amines) is 1. The minimum atomic E-state index is -0.00118. The first-order valence-corrected chi connectivity index (χ1v) is 12.6. The predicted octanol–water partition coefficient (Wildman–Crippen LogP) is 4.47. The first-order valence-electron chi connectivity index (χ1n) is 12.6. The van der Waals surface area contributed by atoms with Gasteiger partial charge in [0.1, 0.15) is 11.7 Å². The van der Waals surface area contributed by atoms with Crippen LogP contribution in [0.4, 0.5) is 0 Å². The van der Waals surface area contributed by atoms with Crippen LogP contribution in [-0.4, -0.2) is 48.3 Å².